The second-order valence-corrected chi connectivity index (χ2v) is 12.0. The molecule has 0 radical (unpaired) electrons. The van der Waals surface area contributed by atoms with Crippen molar-refractivity contribution in [1.82, 2.24) is 14.7 Å². The highest BCUT2D eigenvalue weighted by atomic mass is 32.2. The normalized spacial score (nSPS) is 21.2. The molecule has 8 nitrogen and oxygen atoms in total. The van der Waals surface area contributed by atoms with Crippen LogP contribution in [0.25, 0.3) is 0 Å². The summed E-state index contributed by atoms with van der Waals surface area (Å²) in [7, 11) is -4.16. The number of anilines is 2. The molecule has 0 aromatic carbocycles. The van der Waals surface area contributed by atoms with Crippen LogP contribution in [-0.2, 0) is 10.0 Å². The van der Waals surface area contributed by atoms with Gasteiger partial charge < -0.3 is 10.2 Å². The number of hydrogen-bond donors (Lipinski definition) is 2. The third-order valence-corrected chi connectivity index (χ3v) is 8.89. The van der Waals surface area contributed by atoms with Crippen molar-refractivity contribution in [2.75, 3.05) is 16.8 Å². The van der Waals surface area contributed by atoms with E-state index < -0.39 is 15.9 Å². The van der Waals surface area contributed by atoms with Crippen LogP contribution in [0.1, 0.15) is 82.5 Å². The molecule has 35 heavy (non-hydrogen) atoms. The molecule has 1 saturated heterocycles. The molecule has 9 heteroatoms. The van der Waals surface area contributed by atoms with E-state index in [4.69, 9.17) is 0 Å². The minimum atomic E-state index is -4.16. The van der Waals surface area contributed by atoms with Crippen LogP contribution in [0, 0.1) is 5.92 Å². The lowest BCUT2D eigenvalue weighted by atomic mass is 9.90. The Morgan fingerprint density at radius 2 is 1.74 bits per heavy atom. The van der Waals surface area contributed by atoms with E-state index in [-0.39, 0.29) is 22.2 Å². The van der Waals surface area contributed by atoms with Gasteiger partial charge in [-0.1, -0.05) is 45.1 Å². The van der Waals surface area contributed by atoms with E-state index >= 15 is 0 Å². The Hall–Kier alpha value is -2.68. The van der Waals surface area contributed by atoms with Gasteiger partial charge in [-0.2, -0.15) is 8.42 Å². The van der Waals surface area contributed by atoms with Crippen molar-refractivity contribution < 1.29 is 13.2 Å². The summed E-state index contributed by atoms with van der Waals surface area (Å²) in [6, 6.07) is 8.38. The highest BCUT2D eigenvalue weighted by Crippen LogP contribution is 2.38. The SMILES string of the molecule is CC1CCN(c2ncccc2C(=O)NS(=O)(=O)c2cccc(NC3CCCCCCC3)n2)C1(C)C. The number of nitrogens with zero attached hydrogens (tertiary/aromatic N) is 3. The van der Waals surface area contributed by atoms with Gasteiger partial charge in [0, 0.05) is 24.3 Å². The van der Waals surface area contributed by atoms with Crippen LogP contribution >= 0.6 is 0 Å². The molecule has 3 heterocycles. The fourth-order valence-electron chi connectivity index (χ4n) is 5.08. The molecule has 2 fully saturated rings. The number of amides is 1. The molecule has 1 atom stereocenters. The van der Waals surface area contributed by atoms with E-state index in [1.54, 1.807) is 30.5 Å². The first-order valence-corrected chi connectivity index (χ1v) is 14.2. The smallest absolute Gasteiger partial charge is 0.281 e. The molecule has 2 aliphatic rings. The van der Waals surface area contributed by atoms with Crippen molar-refractivity contribution in [3.63, 3.8) is 0 Å². The zero-order chi connectivity index (χ0) is 25.1. The number of carbonyl (C=O) groups is 1. The Balaban J connectivity index is 1.51. The summed E-state index contributed by atoms with van der Waals surface area (Å²) in [5, 5.41) is 3.22. The summed E-state index contributed by atoms with van der Waals surface area (Å²) in [4.78, 5) is 24.1. The van der Waals surface area contributed by atoms with Gasteiger partial charge >= 0.3 is 0 Å². The Morgan fingerprint density at radius 3 is 2.43 bits per heavy atom. The van der Waals surface area contributed by atoms with Crippen LogP contribution in [0.2, 0.25) is 0 Å². The van der Waals surface area contributed by atoms with Gasteiger partial charge in [0.15, 0.2) is 5.03 Å². The molecular formula is C26H37N5O3S. The van der Waals surface area contributed by atoms with Crippen LogP contribution in [0.5, 0.6) is 0 Å². The molecule has 1 saturated carbocycles. The summed E-state index contributed by atoms with van der Waals surface area (Å²) in [5.41, 5.74) is 0.0444. The van der Waals surface area contributed by atoms with Crippen molar-refractivity contribution in [3.05, 3.63) is 42.1 Å². The second-order valence-electron chi connectivity index (χ2n) is 10.4. The number of hydrogen-bond acceptors (Lipinski definition) is 7. The van der Waals surface area contributed by atoms with E-state index in [1.165, 1.54) is 25.3 Å². The van der Waals surface area contributed by atoms with Crippen molar-refractivity contribution in [2.24, 2.45) is 5.92 Å². The van der Waals surface area contributed by atoms with E-state index in [0.717, 1.165) is 38.6 Å². The first-order chi connectivity index (χ1) is 16.7. The minimum Gasteiger partial charge on any atom is -0.367 e. The maximum Gasteiger partial charge on any atom is 0.281 e. The minimum absolute atomic E-state index is 0.178. The first-order valence-electron chi connectivity index (χ1n) is 12.7. The van der Waals surface area contributed by atoms with Gasteiger partial charge in [-0.05, 0) is 63.3 Å². The average molecular weight is 500 g/mol. The van der Waals surface area contributed by atoms with E-state index in [0.29, 0.717) is 17.6 Å². The molecular weight excluding hydrogens is 462 g/mol. The van der Waals surface area contributed by atoms with Crippen molar-refractivity contribution >= 4 is 27.6 Å². The largest absolute Gasteiger partial charge is 0.367 e. The van der Waals surface area contributed by atoms with Crippen LogP contribution in [-0.4, -0.2) is 42.4 Å². The molecule has 2 N–H and O–H groups in total. The summed E-state index contributed by atoms with van der Waals surface area (Å²) in [5.74, 6) is 0.730. The fraction of sp³-hybridized carbons (Fsp3) is 0.577. The average Bonchev–Trinajstić information content (AvgIpc) is 3.07. The Labute approximate surface area is 209 Å². The van der Waals surface area contributed by atoms with Crippen molar-refractivity contribution in [1.29, 1.82) is 0 Å². The molecule has 2 aromatic heterocycles. The second kappa shape index (κ2) is 10.5. The molecule has 0 spiro atoms. The first kappa shape index (κ1) is 25.4. The molecule has 1 aliphatic heterocycles. The van der Waals surface area contributed by atoms with Crippen LogP contribution < -0.4 is 14.9 Å². The highest BCUT2D eigenvalue weighted by molar-refractivity contribution is 7.90. The summed E-state index contributed by atoms with van der Waals surface area (Å²) in [6.45, 7) is 7.18. The van der Waals surface area contributed by atoms with Gasteiger partial charge in [-0.25, -0.2) is 14.7 Å². The van der Waals surface area contributed by atoms with Gasteiger partial charge in [-0.3, -0.25) is 4.79 Å². The Morgan fingerprint density at radius 1 is 1.03 bits per heavy atom. The molecule has 1 amide bonds. The molecule has 190 valence electrons. The van der Waals surface area contributed by atoms with Gasteiger partial charge in [0.25, 0.3) is 15.9 Å². The van der Waals surface area contributed by atoms with Gasteiger partial charge in [0.05, 0.1) is 5.56 Å². The molecule has 1 aliphatic carbocycles. The predicted molar refractivity (Wildman–Crippen MR) is 138 cm³/mol. The van der Waals surface area contributed by atoms with Gasteiger partial charge in [0.1, 0.15) is 11.6 Å². The van der Waals surface area contributed by atoms with Crippen molar-refractivity contribution in [2.45, 2.75) is 88.7 Å². The van der Waals surface area contributed by atoms with Crippen LogP contribution in [0.15, 0.2) is 41.6 Å². The number of rotatable bonds is 6. The van der Waals surface area contributed by atoms with Crippen molar-refractivity contribution in [3.8, 4) is 0 Å². The number of aromatic nitrogens is 2. The summed E-state index contributed by atoms with van der Waals surface area (Å²) in [6.07, 6.45) is 10.8. The maximum absolute atomic E-state index is 13.2. The molecule has 4 rings (SSSR count). The topological polar surface area (TPSA) is 104 Å². The highest BCUT2D eigenvalue weighted by Gasteiger charge is 2.40. The predicted octanol–water partition coefficient (Wildman–Crippen LogP) is 4.74. The Bertz CT molecular complexity index is 1140. The van der Waals surface area contributed by atoms with E-state index in [9.17, 15) is 13.2 Å². The number of pyridine rings is 2. The number of sulfonamides is 1. The number of carbonyl (C=O) groups excluding carboxylic acids is 1. The monoisotopic (exact) mass is 499 g/mol. The third-order valence-electron chi connectivity index (χ3n) is 7.66. The zero-order valence-electron chi connectivity index (χ0n) is 21.0. The van der Waals surface area contributed by atoms with Crippen LogP contribution in [0.3, 0.4) is 0 Å². The van der Waals surface area contributed by atoms with E-state index in [1.807, 2.05) is 0 Å². The fourth-order valence-corrected chi connectivity index (χ4v) is 6.02. The number of nitrogens with one attached hydrogen (secondary N) is 2. The third kappa shape index (κ3) is 5.77. The lowest BCUT2D eigenvalue weighted by Crippen LogP contribution is -2.43. The quantitative estimate of drug-likeness (QED) is 0.591. The zero-order valence-corrected chi connectivity index (χ0v) is 21.8. The standard InChI is InChI=1S/C26H37N5O3S/c1-19-16-18-31(26(19,2)3)24-21(13-10-17-27-24)25(32)30-35(33,34)23-15-9-14-22(29-23)28-20-11-7-5-4-6-8-12-20/h9-10,13-15,17,19-20H,4-8,11-12,16,18H2,1-3H3,(H,28,29)(H,30,32). The van der Waals surface area contributed by atoms with E-state index in [2.05, 4.69) is 45.7 Å². The summed E-state index contributed by atoms with van der Waals surface area (Å²) < 4.78 is 28.4. The lowest BCUT2D eigenvalue weighted by Gasteiger charge is -2.36. The molecule has 1 unspecified atom stereocenters. The Kier molecular flexibility index (Phi) is 7.64. The van der Waals surface area contributed by atoms with Gasteiger partial charge in [0.2, 0.25) is 0 Å². The van der Waals surface area contributed by atoms with Crippen LogP contribution in [0.4, 0.5) is 11.6 Å². The molecule has 0 bridgehead atoms. The lowest BCUT2D eigenvalue weighted by molar-refractivity contribution is 0.0981. The van der Waals surface area contributed by atoms with Gasteiger partial charge in [-0.15, -0.1) is 0 Å². The summed E-state index contributed by atoms with van der Waals surface area (Å²) >= 11 is 0. The molecule has 2 aromatic rings. The maximum atomic E-state index is 13.2.